The normalized spacial score (nSPS) is 11.3. The Balaban J connectivity index is 1.91. The van der Waals surface area contributed by atoms with Crippen molar-refractivity contribution in [2.45, 2.75) is 20.8 Å². The second-order valence-corrected chi connectivity index (χ2v) is 7.93. The van der Waals surface area contributed by atoms with E-state index >= 15 is 0 Å². The van der Waals surface area contributed by atoms with Gasteiger partial charge in [-0.05, 0) is 97.5 Å². The highest BCUT2D eigenvalue weighted by Crippen LogP contribution is 2.24. The van der Waals surface area contributed by atoms with E-state index in [0.717, 1.165) is 11.3 Å². The smallest absolute Gasteiger partial charge is 0.0631 e. The molecule has 3 aromatic rings. The van der Waals surface area contributed by atoms with E-state index in [1.807, 2.05) is 32.4 Å². The van der Waals surface area contributed by atoms with E-state index in [4.69, 9.17) is 0 Å². The van der Waals surface area contributed by atoms with Crippen LogP contribution >= 0.6 is 22.6 Å². The Morgan fingerprint density at radius 2 is 1.65 bits per heavy atom. The molecule has 0 bridgehead atoms. The molecule has 0 atom stereocenters. The molecule has 3 rings (SSSR count). The first-order valence-electron chi connectivity index (χ1n) is 8.64. The maximum absolute atomic E-state index is 4.66. The first-order chi connectivity index (χ1) is 12.4. The minimum atomic E-state index is 0.963. The average Bonchev–Trinajstić information content (AvgIpc) is 2.90. The maximum atomic E-state index is 4.66. The lowest BCUT2D eigenvalue weighted by atomic mass is 10.2. The highest BCUT2D eigenvalue weighted by molar-refractivity contribution is 14.1. The number of hydrogen-bond donors (Lipinski definition) is 0. The van der Waals surface area contributed by atoms with Crippen LogP contribution in [0.2, 0.25) is 0 Å². The van der Waals surface area contributed by atoms with Gasteiger partial charge in [-0.1, -0.05) is 0 Å². The highest BCUT2D eigenvalue weighted by Gasteiger charge is 2.10. The molecule has 0 fully saturated rings. The summed E-state index contributed by atoms with van der Waals surface area (Å²) in [6, 6.07) is 17.1. The van der Waals surface area contributed by atoms with Crippen LogP contribution in [0.15, 0.2) is 53.5 Å². The number of anilines is 1. The van der Waals surface area contributed by atoms with Crippen molar-refractivity contribution >= 4 is 40.2 Å². The number of halogens is 1. The van der Waals surface area contributed by atoms with Gasteiger partial charge in [0.25, 0.3) is 0 Å². The van der Waals surface area contributed by atoms with Gasteiger partial charge in [-0.3, -0.25) is 4.99 Å². The molecule has 0 spiro atoms. The third-order valence-corrected chi connectivity index (χ3v) is 5.80. The van der Waals surface area contributed by atoms with Crippen LogP contribution in [0.1, 0.15) is 22.5 Å². The second-order valence-electron chi connectivity index (χ2n) is 6.76. The number of aryl methyl sites for hydroxylation is 2. The predicted molar refractivity (Wildman–Crippen MR) is 121 cm³/mol. The molecule has 0 saturated carbocycles. The van der Waals surface area contributed by atoms with Crippen LogP contribution in [0.3, 0.4) is 0 Å². The van der Waals surface area contributed by atoms with Crippen LogP contribution in [0.4, 0.5) is 11.4 Å². The van der Waals surface area contributed by atoms with Crippen molar-refractivity contribution in [2.75, 3.05) is 19.0 Å². The summed E-state index contributed by atoms with van der Waals surface area (Å²) in [5.74, 6) is 0. The lowest BCUT2D eigenvalue weighted by molar-refractivity contribution is 0.962. The fourth-order valence-electron chi connectivity index (χ4n) is 3.06. The van der Waals surface area contributed by atoms with E-state index in [2.05, 4.69) is 94.2 Å². The second kappa shape index (κ2) is 7.66. The van der Waals surface area contributed by atoms with Gasteiger partial charge in [0.2, 0.25) is 0 Å². The topological polar surface area (TPSA) is 20.5 Å². The van der Waals surface area contributed by atoms with Crippen LogP contribution < -0.4 is 4.90 Å². The van der Waals surface area contributed by atoms with Gasteiger partial charge in [0.15, 0.2) is 0 Å². The van der Waals surface area contributed by atoms with E-state index in [9.17, 15) is 0 Å². The van der Waals surface area contributed by atoms with Gasteiger partial charge in [0.1, 0.15) is 0 Å². The summed E-state index contributed by atoms with van der Waals surface area (Å²) in [6.07, 6.45) is 1.96. The molecule has 0 amide bonds. The van der Waals surface area contributed by atoms with Crippen molar-refractivity contribution < 1.29 is 0 Å². The molecular formula is C22H24IN3. The average molecular weight is 457 g/mol. The molecule has 2 aromatic carbocycles. The summed E-state index contributed by atoms with van der Waals surface area (Å²) in [4.78, 5) is 6.75. The SMILES string of the molecule is Cc1cc(-n2c(C)cc(C=Nc3ccc(N(C)C)cc3)c2C)ccc1I. The zero-order valence-corrected chi connectivity index (χ0v) is 18.1. The molecule has 0 saturated heterocycles. The Morgan fingerprint density at radius 1 is 0.962 bits per heavy atom. The lowest BCUT2D eigenvalue weighted by Gasteiger charge is -2.11. The number of rotatable bonds is 4. The van der Waals surface area contributed by atoms with Crippen LogP contribution in [-0.4, -0.2) is 24.9 Å². The minimum Gasteiger partial charge on any atom is -0.378 e. The first kappa shape index (κ1) is 18.7. The molecule has 0 aliphatic carbocycles. The van der Waals surface area contributed by atoms with Gasteiger partial charge in [-0.25, -0.2) is 0 Å². The van der Waals surface area contributed by atoms with Gasteiger partial charge < -0.3 is 9.47 Å². The lowest BCUT2D eigenvalue weighted by Crippen LogP contribution is -2.07. The van der Waals surface area contributed by atoms with E-state index < -0.39 is 0 Å². The van der Waals surface area contributed by atoms with Gasteiger partial charge >= 0.3 is 0 Å². The third-order valence-electron chi connectivity index (χ3n) is 4.59. The number of nitrogens with zero attached hydrogens (tertiary/aromatic N) is 3. The van der Waals surface area contributed by atoms with Gasteiger partial charge in [0.05, 0.1) is 5.69 Å². The Labute approximate surface area is 169 Å². The molecule has 0 aliphatic heterocycles. The predicted octanol–water partition coefficient (Wildman–Crippen LogP) is 5.82. The molecular weight excluding hydrogens is 433 g/mol. The zero-order valence-electron chi connectivity index (χ0n) is 15.9. The number of aliphatic imine (C=N–C) groups is 1. The first-order valence-corrected chi connectivity index (χ1v) is 9.71. The van der Waals surface area contributed by atoms with Gasteiger partial charge in [0, 0.05) is 52.2 Å². The summed E-state index contributed by atoms with van der Waals surface area (Å²) in [5.41, 5.74) is 8.21. The summed E-state index contributed by atoms with van der Waals surface area (Å²) in [7, 11) is 4.08. The summed E-state index contributed by atoms with van der Waals surface area (Å²) in [6.45, 7) is 6.44. The van der Waals surface area contributed by atoms with E-state index in [1.54, 1.807) is 0 Å². The molecule has 1 aromatic heterocycles. The van der Waals surface area contributed by atoms with Crippen molar-refractivity contribution in [1.29, 1.82) is 0 Å². The van der Waals surface area contributed by atoms with Crippen LogP contribution in [0.25, 0.3) is 5.69 Å². The quantitative estimate of drug-likeness (QED) is 0.357. The van der Waals surface area contributed by atoms with Crippen LogP contribution in [0, 0.1) is 24.3 Å². The monoisotopic (exact) mass is 457 g/mol. The molecule has 1 heterocycles. The summed E-state index contributed by atoms with van der Waals surface area (Å²) < 4.78 is 3.58. The summed E-state index contributed by atoms with van der Waals surface area (Å²) in [5, 5.41) is 0. The van der Waals surface area contributed by atoms with Crippen molar-refractivity contribution in [3.05, 3.63) is 74.6 Å². The molecule has 4 heteroatoms. The van der Waals surface area contributed by atoms with Crippen molar-refractivity contribution in [2.24, 2.45) is 4.99 Å². The van der Waals surface area contributed by atoms with E-state index in [-0.39, 0.29) is 0 Å². The molecule has 0 aliphatic rings. The number of aromatic nitrogens is 1. The maximum Gasteiger partial charge on any atom is 0.0631 e. The Hall–Kier alpha value is -2.08. The largest absolute Gasteiger partial charge is 0.378 e. The van der Waals surface area contributed by atoms with Gasteiger partial charge in [-0.2, -0.15) is 0 Å². The minimum absolute atomic E-state index is 0.963. The van der Waals surface area contributed by atoms with Crippen molar-refractivity contribution in [1.82, 2.24) is 4.57 Å². The van der Waals surface area contributed by atoms with E-state index in [0.29, 0.717) is 0 Å². The van der Waals surface area contributed by atoms with Crippen LogP contribution in [-0.2, 0) is 0 Å². The molecule has 134 valence electrons. The standard InChI is InChI=1S/C22H24IN3/c1-15-12-21(10-11-22(15)23)26-16(2)13-18(17(26)3)14-24-19-6-8-20(9-7-19)25(4)5/h6-14H,1-5H3. The van der Waals surface area contributed by atoms with Crippen LogP contribution in [0.5, 0.6) is 0 Å². The Bertz CT molecular complexity index is 950. The zero-order chi connectivity index (χ0) is 18.8. The molecule has 0 N–H and O–H groups in total. The van der Waals surface area contributed by atoms with Crippen molar-refractivity contribution in [3.63, 3.8) is 0 Å². The molecule has 3 nitrogen and oxygen atoms in total. The fourth-order valence-corrected chi connectivity index (χ4v) is 3.40. The highest BCUT2D eigenvalue weighted by atomic mass is 127. The Kier molecular flexibility index (Phi) is 5.51. The molecule has 26 heavy (non-hydrogen) atoms. The van der Waals surface area contributed by atoms with E-state index in [1.165, 1.54) is 31.9 Å². The van der Waals surface area contributed by atoms with Crippen molar-refractivity contribution in [3.8, 4) is 5.69 Å². The molecule has 0 radical (unpaired) electrons. The Morgan fingerprint density at radius 3 is 2.27 bits per heavy atom. The fraction of sp³-hybridized carbons (Fsp3) is 0.227. The third kappa shape index (κ3) is 3.85. The number of benzene rings is 2. The number of hydrogen-bond acceptors (Lipinski definition) is 2. The molecule has 0 unspecified atom stereocenters. The summed E-state index contributed by atoms with van der Waals surface area (Å²) >= 11 is 2.38. The van der Waals surface area contributed by atoms with Gasteiger partial charge in [-0.15, -0.1) is 0 Å².